The third-order valence-electron chi connectivity index (χ3n) is 1.91. The summed E-state index contributed by atoms with van der Waals surface area (Å²) in [5.74, 6) is -0.370. The molecule has 0 aliphatic carbocycles. The molecule has 78 valence electrons. The maximum absolute atomic E-state index is 10.8. The second-order valence-electron chi connectivity index (χ2n) is 3.05. The van der Waals surface area contributed by atoms with E-state index in [4.69, 9.17) is 5.73 Å². The zero-order valence-corrected chi connectivity index (χ0v) is 10.4. The first-order chi connectivity index (χ1) is 6.24. The number of pyridine rings is 1. The molecule has 0 saturated carbocycles. The number of unbranched alkanes of at least 4 members (excludes halogenated alkanes) is 1. The van der Waals surface area contributed by atoms with E-state index in [1.165, 1.54) is 0 Å². The van der Waals surface area contributed by atoms with Gasteiger partial charge < -0.3 is 29.7 Å². The topological polar surface area (TPSA) is 47.0 Å². The van der Waals surface area contributed by atoms with Crippen LogP contribution in [0.4, 0.5) is 0 Å². The number of halogens is 1. The van der Waals surface area contributed by atoms with Crippen LogP contribution in [-0.2, 0) is 6.54 Å². The minimum atomic E-state index is -0.370. The van der Waals surface area contributed by atoms with E-state index in [2.05, 4.69) is 6.92 Å². The van der Waals surface area contributed by atoms with Crippen LogP contribution in [0.25, 0.3) is 0 Å². The number of aryl methyl sites for hydroxylation is 1. The van der Waals surface area contributed by atoms with Gasteiger partial charge in [0.15, 0.2) is 12.4 Å². The Morgan fingerprint density at radius 2 is 2.29 bits per heavy atom. The molecule has 3 nitrogen and oxygen atoms in total. The summed E-state index contributed by atoms with van der Waals surface area (Å²) in [6.45, 7) is 3.08. The van der Waals surface area contributed by atoms with E-state index in [9.17, 15) is 4.79 Å². The summed E-state index contributed by atoms with van der Waals surface area (Å²) in [4.78, 5) is 10.8. The van der Waals surface area contributed by atoms with E-state index in [0.29, 0.717) is 5.56 Å². The molecule has 0 saturated heterocycles. The lowest BCUT2D eigenvalue weighted by atomic mass is 10.2. The molecular weight excluding hydrogens is 291 g/mol. The molecule has 0 spiro atoms. The summed E-state index contributed by atoms with van der Waals surface area (Å²) in [5.41, 5.74) is 5.73. The predicted molar refractivity (Wildman–Crippen MR) is 50.1 cm³/mol. The molecule has 0 fully saturated rings. The second-order valence-corrected chi connectivity index (χ2v) is 3.05. The molecule has 1 aromatic rings. The Bertz CT molecular complexity index is 302. The third kappa shape index (κ3) is 4.04. The van der Waals surface area contributed by atoms with Crippen LogP contribution in [-0.4, -0.2) is 5.91 Å². The van der Waals surface area contributed by atoms with Gasteiger partial charge in [0.05, 0.1) is 0 Å². The van der Waals surface area contributed by atoms with Crippen LogP contribution in [0.15, 0.2) is 24.5 Å². The highest BCUT2D eigenvalue weighted by molar-refractivity contribution is 5.92. The Hall–Kier alpha value is -0.650. The fourth-order valence-corrected chi connectivity index (χ4v) is 1.15. The van der Waals surface area contributed by atoms with E-state index in [1.807, 2.05) is 16.8 Å². The predicted octanol–water partition coefficient (Wildman–Crippen LogP) is -2.12. The van der Waals surface area contributed by atoms with Crippen molar-refractivity contribution in [2.45, 2.75) is 26.3 Å². The highest BCUT2D eigenvalue weighted by Gasteiger charge is 2.05. The van der Waals surface area contributed by atoms with Gasteiger partial charge >= 0.3 is 0 Å². The van der Waals surface area contributed by atoms with E-state index in [0.717, 1.165) is 19.4 Å². The lowest BCUT2D eigenvalue weighted by molar-refractivity contribution is -0.697. The zero-order chi connectivity index (χ0) is 9.68. The minimum absolute atomic E-state index is 0. The number of hydrogen-bond acceptors (Lipinski definition) is 1. The molecule has 2 N–H and O–H groups in total. The number of primary amides is 1. The first-order valence-electron chi connectivity index (χ1n) is 4.53. The van der Waals surface area contributed by atoms with Gasteiger partial charge in [0.25, 0.3) is 5.91 Å². The standard InChI is InChI=1S/C10H14N2O.HI/c1-2-3-6-12-7-4-5-9(8-12)10(11)13;/h4-5,7-8H,2-3,6H2,1H3,(H-,11,13);1H. The van der Waals surface area contributed by atoms with Gasteiger partial charge in [-0.25, -0.2) is 4.57 Å². The van der Waals surface area contributed by atoms with Gasteiger partial charge in [-0.05, 0) is 6.07 Å². The first kappa shape index (κ1) is 13.4. The Balaban J connectivity index is 0.00000169. The van der Waals surface area contributed by atoms with E-state index in [1.54, 1.807) is 12.3 Å². The van der Waals surface area contributed by atoms with E-state index >= 15 is 0 Å². The molecule has 1 heterocycles. The fraction of sp³-hybridized carbons (Fsp3) is 0.400. The number of aromatic nitrogens is 1. The van der Waals surface area contributed by atoms with Crippen LogP contribution < -0.4 is 34.3 Å². The summed E-state index contributed by atoms with van der Waals surface area (Å²) in [6.07, 6.45) is 6.00. The number of hydrogen-bond donors (Lipinski definition) is 1. The zero-order valence-electron chi connectivity index (χ0n) is 8.24. The van der Waals surface area contributed by atoms with Crippen LogP contribution in [0.3, 0.4) is 0 Å². The number of nitrogens with two attached hydrogens (primary N) is 1. The average molecular weight is 306 g/mol. The minimum Gasteiger partial charge on any atom is -1.00 e. The lowest BCUT2D eigenvalue weighted by Crippen LogP contribution is -3.00. The maximum Gasteiger partial charge on any atom is 0.254 e. The quantitative estimate of drug-likeness (QED) is 0.502. The molecule has 0 aliphatic rings. The molecule has 0 radical (unpaired) electrons. The molecule has 1 amide bonds. The monoisotopic (exact) mass is 306 g/mol. The van der Waals surface area contributed by atoms with Crippen molar-refractivity contribution in [2.24, 2.45) is 5.73 Å². The average Bonchev–Trinajstić information content (AvgIpc) is 2.15. The largest absolute Gasteiger partial charge is 1.00 e. The first-order valence-corrected chi connectivity index (χ1v) is 4.53. The van der Waals surface area contributed by atoms with Gasteiger partial charge in [0.1, 0.15) is 12.1 Å². The summed E-state index contributed by atoms with van der Waals surface area (Å²) in [6, 6.07) is 3.57. The molecule has 1 aromatic heterocycles. The second kappa shape index (κ2) is 6.75. The van der Waals surface area contributed by atoms with Crippen LogP contribution in [0.1, 0.15) is 30.1 Å². The molecular formula is C10H15IN2O. The van der Waals surface area contributed by atoms with Crippen molar-refractivity contribution in [3.05, 3.63) is 30.1 Å². The summed E-state index contributed by atoms with van der Waals surface area (Å²) >= 11 is 0. The van der Waals surface area contributed by atoms with E-state index in [-0.39, 0.29) is 29.9 Å². The molecule has 14 heavy (non-hydrogen) atoms. The number of carbonyl (C=O) groups excluding carboxylic acids is 1. The van der Waals surface area contributed by atoms with Crippen LogP contribution in [0, 0.1) is 0 Å². The van der Waals surface area contributed by atoms with Crippen LogP contribution in [0.5, 0.6) is 0 Å². The SMILES string of the molecule is CCCC[n+]1cccc(C(N)=O)c1.[I-]. The molecule has 0 atom stereocenters. The molecule has 1 rings (SSSR count). The van der Waals surface area contributed by atoms with Crippen molar-refractivity contribution in [3.63, 3.8) is 0 Å². The van der Waals surface area contributed by atoms with Gasteiger partial charge in [-0.15, -0.1) is 0 Å². The highest BCUT2D eigenvalue weighted by Crippen LogP contribution is 1.93. The summed E-state index contributed by atoms with van der Waals surface area (Å²) in [7, 11) is 0. The Morgan fingerprint density at radius 1 is 1.57 bits per heavy atom. The molecule has 0 bridgehead atoms. The van der Waals surface area contributed by atoms with Crippen molar-refractivity contribution in [2.75, 3.05) is 0 Å². The smallest absolute Gasteiger partial charge is 0.254 e. The van der Waals surface area contributed by atoms with Gasteiger partial charge in [0, 0.05) is 12.5 Å². The Morgan fingerprint density at radius 3 is 2.86 bits per heavy atom. The van der Waals surface area contributed by atoms with Crippen molar-refractivity contribution < 1.29 is 33.3 Å². The molecule has 0 unspecified atom stereocenters. The fourth-order valence-electron chi connectivity index (χ4n) is 1.15. The Kier molecular flexibility index (Phi) is 6.44. The maximum atomic E-state index is 10.8. The normalized spacial score (nSPS) is 9.21. The number of amides is 1. The lowest BCUT2D eigenvalue weighted by Gasteiger charge is -1.96. The van der Waals surface area contributed by atoms with Crippen molar-refractivity contribution in [1.82, 2.24) is 0 Å². The van der Waals surface area contributed by atoms with Crippen molar-refractivity contribution in [1.29, 1.82) is 0 Å². The van der Waals surface area contributed by atoms with Gasteiger partial charge in [-0.1, -0.05) is 13.3 Å². The number of rotatable bonds is 4. The summed E-state index contributed by atoms with van der Waals surface area (Å²) < 4.78 is 1.99. The van der Waals surface area contributed by atoms with Gasteiger partial charge in [-0.2, -0.15) is 0 Å². The Labute approximate surface area is 101 Å². The molecule has 4 heteroatoms. The number of nitrogens with zero attached hydrogens (tertiary/aromatic N) is 1. The van der Waals surface area contributed by atoms with Gasteiger partial charge in [-0.3, -0.25) is 4.79 Å². The van der Waals surface area contributed by atoms with Crippen LogP contribution in [0.2, 0.25) is 0 Å². The van der Waals surface area contributed by atoms with E-state index < -0.39 is 0 Å². The number of carbonyl (C=O) groups is 1. The van der Waals surface area contributed by atoms with Gasteiger partial charge in [0.2, 0.25) is 0 Å². The summed E-state index contributed by atoms with van der Waals surface area (Å²) in [5, 5.41) is 0. The van der Waals surface area contributed by atoms with Crippen LogP contribution >= 0.6 is 0 Å². The molecule has 0 aliphatic heterocycles. The third-order valence-corrected chi connectivity index (χ3v) is 1.91. The highest BCUT2D eigenvalue weighted by atomic mass is 127. The van der Waals surface area contributed by atoms with Crippen molar-refractivity contribution >= 4 is 5.91 Å². The molecule has 0 aromatic carbocycles. The van der Waals surface area contributed by atoms with Crippen molar-refractivity contribution in [3.8, 4) is 0 Å².